The van der Waals surface area contributed by atoms with Crippen molar-refractivity contribution in [3.63, 3.8) is 0 Å². The molecule has 0 bridgehead atoms. The van der Waals surface area contributed by atoms with E-state index < -0.39 is 6.36 Å². The summed E-state index contributed by atoms with van der Waals surface area (Å²) < 4.78 is 45.4. The summed E-state index contributed by atoms with van der Waals surface area (Å²) in [4.78, 5) is 11.9. The van der Waals surface area contributed by atoms with Gasteiger partial charge in [0.05, 0.1) is 18.7 Å². The van der Waals surface area contributed by atoms with Crippen molar-refractivity contribution in [2.45, 2.75) is 38.2 Å². The highest BCUT2D eigenvalue weighted by Crippen LogP contribution is 2.24. The van der Waals surface area contributed by atoms with Crippen LogP contribution in [0.5, 0.6) is 5.75 Å². The fraction of sp³-hybridized carbons (Fsp3) is 0.533. The monoisotopic (exact) mass is 332 g/mol. The molecule has 1 aromatic rings. The predicted molar refractivity (Wildman–Crippen MR) is 77.0 cm³/mol. The average molecular weight is 332 g/mol. The standard InChI is InChI=1S/C15H19F3N2O3/c1-10(19-14(21)20-12-3-2-8-22-9-12)11-4-6-13(7-5-11)23-15(16,17)18/h4-7,10,12H,2-3,8-9H2,1H3,(H2,19,20,21). The van der Waals surface area contributed by atoms with Gasteiger partial charge in [0, 0.05) is 6.61 Å². The summed E-state index contributed by atoms with van der Waals surface area (Å²) in [7, 11) is 0. The van der Waals surface area contributed by atoms with Crippen molar-refractivity contribution in [3.05, 3.63) is 29.8 Å². The van der Waals surface area contributed by atoms with Gasteiger partial charge in [-0.15, -0.1) is 13.2 Å². The fourth-order valence-electron chi connectivity index (χ4n) is 2.32. The lowest BCUT2D eigenvalue weighted by atomic mass is 10.1. The highest BCUT2D eigenvalue weighted by molar-refractivity contribution is 5.74. The van der Waals surface area contributed by atoms with Crippen molar-refractivity contribution in [1.29, 1.82) is 0 Å². The predicted octanol–water partition coefficient (Wildman–Crippen LogP) is 3.12. The molecule has 2 amide bonds. The quantitative estimate of drug-likeness (QED) is 0.891. The molecule has 2 N–H and O–H groups in total. The molecule has 2 unspecified atom stereocenters. The number of hydrogen-bond acceptors (Lipinski definition) is 3. The molecule has 23 heavy (non-hydrogen) atoms. The maximum absolute atomic E-state index is 12.1. The zero-order valence-electron chi connectivity index (χ0n) is 12.7. The largest absolute Gasteiger partial charge is 0.573 e. The summed E-state index contributed by atoms with van der Waals surface area (Å²) in [6.07, 6.45) is -2.94. The maximum Gasteiger partial charge on any atom is 0.573 e. The molecule has 1 heterocycles. The van der Waals surface area contributed by atoms with Gasteiger partial charge in [-0.25, -0.2) is 4.79 Å². The van der Waals surface area contributed by atoms with E-state index in [0.29, 0.717) is 18.8 Å². The zero-order chi connectivity index (χ0) is 16.9. The number of carbonyl (C=O) groups excluding carboxylic acids is 1. The first-order valence-electron chi connectivity index (χ1n) is 7.34. The lowest BCUT2D eigenvalue weighted by molar-refractivity contribution is -0.274. The number of urea groups is 1. The molecule has 128 valence electrons. The molecule has 5 nitrogen and oxygen atoms in total. The van der Waals surface area contributed by atoms with Crippen LogP contribution in [-0.2, 0) is 4.74 Å². The molecule has 0 spiro atoms. The number of rotatable bonds is 4. The van der Waals surface area contributed by atoms with Crippen LogP contribution in [0.15, 0.2) is 24.3 Å². The van der Waals surface area contributed by atoms with E-state index in [-0.39, 0.29) is 23.9 Å². The second kappa shape index (κ2) is 7.54. The Hall–Kier alpha value is -1.96. The van der Waals surface area contributed by atoms with E-state index in [1.807, 2.05) is 0 Å². The van der Waals surface area contributed by atoms with Gasteiger partial charge in [-0.05, 0) is 37.5 Å². The van der Waals surface area contributed by atoms with Crippen LogP contribution in [0.1, 0.15) is 31.4 Å². The third-order valence-electron chi connectivity index (χ3n) is 3.46. The Morgan fingerprint density at radius 2 is 2.04 bits per heavy atom. The Kier molecular flexibility index (Phi) is 5.70. The van der Waals surface area contributed by atoms with Crippen molar-refractivity contribution >= 4 is 6.03 Å². The van der Waals surface area contributed by atoms with Gasteiger partial charge in [0.1, 0.15) is 5.75 Å². The van der Waals surface area contributed by atoms with Crippen LogP contribution >= 0.6 is 0 Å². The molecule has 0 radical (unpaired) electrons. The summed E-state index contributed by atoms with van der Waals surface area (Å²) in [5.74, 6) is -0.294. The third kappa shape index (κ3) is 5.97. The van der Waals surface area contributed by atoms with E-state index in [1.54, 1.807) is 6.92 Å². The van der Waals surface area contributed by atoms with E-state index in [4.69, 9.17) is 4.74 Å². The minimum absolute atomic E-state index is 0.0153. The molecule has 1 fully saturated rings. The van der Waals surface area contributed by atoms with Gasteiger partial charge in [0.15, 0.2) is 0 Å². The van der Waals surface area contributed by atoms with Crippen LogP contribution in [0.3, 0.4) is 0 Å². The van der Waals surface area contributed by atoms with E-state index in [2.05, 4.69) is 15.4 Å². The van der Waals surface area contributed by atoms with Crippen molar-refractivity contribution in [2.24, 2.45) is 0 Å². The third-order valence-corrected chi connectivity index (χ3v) is 3.46. The molecular formula is C15H19F3N2O3. The maximum atomic E-state index is 12.1. The first-order valence-corrected chi connectivity index (χ1v) is 7.34. The molecule has 1 aliphatic heterocycles. The summed E-state index contributed by atoms with van der Waals surface area (Å²) in [6.45, 7) is 2.95. The molecule has 2 atom stereocenters. The van der Waals surface area contributed by atoms with Crippen LogP contribution in [-0.4, -0.2) is 31.6 Å². The topological polar surface area (TPSA) is 59.6 Å². The minimum atomic E-state index is -4.71. The first-order chi connectivity index (χ1) is 10.8. The van der Waals surface area contributed by atoms with Crippen LogP contribution in [0.25, 0.3) is 0 Å². The molecule has 1 saturated heterocycles. The Bertz CT molecular complexity index is 514. The lowest BCUT2D eigenvalue weighted by Gasteiger charge is -2.24. The van der Waals surface area contributed by atoms with E-state index in [9.17, 15) is 18.0 Å². The SMILES string of the molecule is CC(NC(=O)NC1CCCOC1)c1ccc(OC(F)(F)F)cc1. The molecule has 0 aromatic heterocycles. The Morgan fingerprint density at radius 3 is 2.61 bits per heavy atom. The number of benzene rings is 1. The number of halogens is 3. The Labute approximate surface area is 132 Å². The molecular weight excluding hydrogens is 313 g/mol. The van der Waals surface area contributed by atoms with E-state index in [0.717, 1.165) is 12.8 Å². The number of nitrogens with one attached hydrogen (secondary N) is 2. The number of alkyl halides is 3. The lowest BCUT2D eigenvalue weighted by Crippen LogP contribution is -2.46. The minimum Gasteiger partial charge on any atom is -0.406 e. The van der Waals surface area contributed by atoms with Gasteiger partial charge in [-0.2, -0.15) is 0 Å². The van der Waals surface area contributed by atoms with E-state index >= 15 is 0 Å². The zero-order valence-corrected chi connectivity index (χ0v) is 12.7. The smallest absolute Gasteiger partial charge is 0.406 e. The van der Waals surface area contributed by atoms with Crippen molar-refractivity contribution in [3.8, 4) is 5.75 Å². The summed E-state index contributed by atoms with van der Waals surface area (Å²) in [5, 5.41) is 5.56. The van der Waals surface area contributed by atoms with Gasteiger partial charge < -0.3 is 20.1 Å². The normalized spacial score (nSPS) is 19.7. The number of carbonyl (C=O) groups is 1. The van der Waals surface area contributed by atoms with Crippen molar-refractivity contribution in [1.82, 2.24) is 10.6 Å². The van der Waals surface area contributed by atoms with Gasteiger partial charge in [-0.3, -0.25) is 0 Å². The molecule has 2 rings (SSSR count). The molecule has 1 aliphatic rings. The summed E-state index contributed by atoms with van der Waals surface area (Å²) in [5.41, 5.74) is 0.676. The Morgan fingerprint density at radius 1 is 1.35 bits per heavy atom. The summed E-state index contributed by atoms with van der Waals surface area (Å²) >= 11 is 0. The van der Waals surface area contributed by atoms with Gasteiger partial charge in [-0.1, -0.05) is 12.1 Å². The van der Waals surface area contributed by atoms with Gasteiger partial charge >= 0.3 is 12.4 Å². The second-order valence-electron chi connectivity index (χ2n) is 5.37. The van der Waals surface area contributed by atoms with Gasteiger partial charge in [0.2, 0.25) is 0 Å². The average Bonchev–Trinajstić information content (AvgIpc) is 2.47. The van der Waals surface area contributed by atoms with Crippen LogP contribution in [0.4, 0.5) is 18.0 Å². The first kappa shape index (κ1) is 17.4. The van der Waals surface area contributed by atoms with Crippen molar-refractivity contribution in [2.75, 3.05) is 13.2 Å². The van der Waals surface area contributed by atoms with E-state index in [1.165, 1.54) is 24.3 Å². The fourth-order valence-corrected chi connectivity index (χ4v) is 2.32. The van der Waals surface area contributed by atoms with Crippen molar-refractivity contribution < 1.29 is 27.4 Å². The number of amides is 2. The second-order valence-corrected chi connectivity index (χ2v) is 5.37. The highest BCUT2D eigenvalue weighted by atomic mass is 19.4. The van der Waals surface area contributed by atoms with Crippen LogP contribution in [0, 0.1) is 0 Å². The van der Waals surface area contributed by atoms with Gasteiger partial charge in [0.25, 0.3) is 0 Å². The summed E-state index contributed by atoms with van der Waals surface area (Å²) in [6, 6.07) is 4.70. The van der Waals surface area contributed by atoms with Crippen LogP contribution < -0.4 is 15.4 Å². The number of hydrogen-bond donors (Lipinski definition) is 2. The highest BCUT2D eigenvalue weighted by Gasteiger charge is 2.31. The Balaban J connectivity index is 1.84. The molecule has 1 aromatic carbocycles. The molecule has 0 saturated carbocycles. The number of ether oxygens (including phenoxy) is 2. The molecule has 0 aliphatic carbocycles. The molecule has 8 heteroatoms. The van der Waals surface area contributed by atoms with Crippen LogP contribution in [0.2, 0.25) is 0 Å².